The molecule has 0 saturated heterocycles. The van der Waals surface area contributed by atoms with Crippen molar-refractivity contribution in [1.29, 1.82) is 0 Å². The normalized spacial score (nSPS) is 12.8. The molecule has 30 heavy (non-hydrogen) atoms. The number of hydrogen-bond donors (Lipinski definition) is 0. The van der Waals surface area contributed by atoms with E-state index in [-0.39, 0.29) is 0 Å². The van der Waals surface area contributed by atoms with Crippen molar-refractivity contribution >= 4 is 32.4 Å². The summed E-state index contributed by atoms with van der Waals surface area (Å²) in [6, 6.07) is 22.7. The van der Waals surface area contributed by atoms with E-state index < -0.39 is 0 Å². The molecule has 0 fully saturated rings. The van der Waals surface area contributed by atoms with Gasteiger partial charge in [0.15, 0.2) is 6.20 Å². The number of aromatic nitrogens is 1. The van der Waals surface area contributed by atoms with Crippen molar-refractivity contribution in [1.82, 2.24) is 0 Å². The zero-order chi connectivity index (χ0) is 20.6. The first kappa shape index (κ1) is 17.7. The van der Waals surface area contributed by atoms with Crippen molar-refractivity contribution in [3.63, 3.8) is 0 Å². The Bertz CT molecular complexity index is 1500. The van der Waals surface area contributed by atoms with Crippen molar-refractivity contribution in [2.45, 2.75) is 33.1 Å². The molecule has 0 saturated carbocycles. The monoisotopic (exact) mass is 388 g/mol. The lowest BCUT2D eigenvalue weighted by Gasteiger charge is -2.15. The summed E-state index contributed by atoms with van der Waals surface area (Å²) in [6.07, 6.45) is 3.36. The highest BCUT2D eigenvalue weighted by atomic mass is 14.9. The topological polar surface area (TPSA) is 3.88 Å². The number of hydrogen-bond acceptors (Lipinski definition) is 0. The third kappa shape index (κ3) is 2.26. The summed E-state index contributed by atoms with van der Waals surface area (Å²) in [5, 5.41) is 6.86. The molecule has 0 atom stereocenters. The van der Waals surface area contributed by atoms with Crippen LogP contribution in [0, 0.1) is 6.92 Å². The number of aryl methyl sites for hydroxylation is 2. The molecule has 0 aliphatic heterocycles. The van der Waals surface area contributed by atoms with Gasteiger partial charge in [-0.15, -0.1) is 0 Å². The summed E-state index contributed by atoms with van der Waals surface area (Å²) in [6.45, 7) is 6.89. The molecule has 0 spiro atoms. The van der Waals surface area contributed by atoms with Gasteiger partial charge in [0.2, 0.25) is 5.52 Å². The average Bonchev–Trinajstić information content (AvgIpc) is 3.13. The Hall–Kier alpha value is -3.19. The summed E-state index contributed by atoms with van der Waals surface area (Å²) in [5.41, 5.74) is 9.94. The first-order chi connectivity index (χ1) is 14.5. The van der Waals surface area contributed by atoms with E-state index in [0.717, 1.165) is 6.42 Å². The zero-order valence-corrected chi connectivity index (χ0v) is 18.1. The predicted molar refractivity (Wildman–Crippen MR) is 127 cm³/mol. The predicted octanol–water partition coefficient (Wildman–Crippen LogP) is 6.97. The number of nitrogens with zero attached hydrogens (tertiary/aromatic N) is 1. The molecule has 0 radical (unpaired) electrons. The van der Waals surface area contributed by atoms with E-state index in [1.54, 1.807) is 0 Å². The fourth-order valence-electron chi connectivity index (χ4n) is 5.51. The van der Waals surface area contributed by atoms with Gasteiger partial charge in [-0.2, -0.15) is 0 Å². The number of benzene rings is 4. The van der Waals surface area contributed by atoms with Crippen LogP contribution in [0.4, 0.5) is 0 Å². The molecule has 4 aromatic carbocycles. The summed E-state index contributed by atoms with van der Waals surface area (Å²) >= 11 is 0. The molecular weight excluding hydrogens is 362 g/mol. The molecule has 1 heterocycles. The second kappa shape index (κ2) is 6.15. The lowest BCUT2D eigenvalue weighted by Crippen LogP contribution is -2.30. The number of fused-ring (bicyclic) bond motifs is 9. The average molecular weight is 389 g/mol. The Morgan fingerprint density at radius 2 is 1.50 bits per heavy atom. The van der Waals surface area contributed by atoms with Gasteiger partial charge in [-0.25, -0.2) is 4.57 Å². The number of rotatable bonds is 1. The van der Waals surface area contributed by atoms with Gasteiger partial charge in [0, 0.05) is 5.56 Å². The minimum Gasteiger partial charge on any atom is -0.200 e. The lowest BCUT2D eigenvalue weighted by molar-refractivity contribution is -0.644. The van der Waals surface area contributed by atoms with Crippen molar-refractivity contribution in [3.05, 3.63) is 89.1 Å². The maximum absolute atomic E-state index is 2.46. The Kier molecular flexibility index (Phi) is 3.62. The molecule has 5 aromatic rings. The van der Waals surface area contributed by atoms with Crippen molar-refractivity contribution in [2.75, 3.05) is 0 Å². The molecule has 1 aliphatic carbocycles. The van der Waals surface area contributed by atoms with Gasteiger partial charge in [-0.1, -0.05) is 62.4 Å². The van der Waals surface area contributed by atoms with E-state index in [1.807, 2.05) is 0 Å². The standard InChI is InChI=1S/C29H26N/c1-17(2)20-14-27-23-12-8-7-11-22(23)26-15-25-21-10-6-5-9-19(21)13-24(25)18(3)28(26)29(27)30(4)16-20/h5-12,14-17H,13H2,1-4H3/q+1. The Morgan fingerprint density at radius 1 is 0.800 bits per heavy atom. The Balaban J connectivity index is 1.87. The van der Waals surface area contributed by atoms with Gasteiger partial charge in [0.25, 0.3) is 0 Å². The lowest BCUT2D eigenvalue weighted by atomic mass is 9.88. The van der Waals surface area contributed by atoms with Crippen LogP contribution >= 0.6 is 0 Å². The highest BCUT2D eigenvalue weighted by Crippen LogP contribution is 2.45. The van der Waals surface area contributed by atoms with Gasteiger partial charge in [-0.05, 0) is 75.4 Å². The summed E-state index contributed by atoms with van der Waals surface area (Å²) < 4.78 is 2.36. The first-order valence-corrected chi connectivity index (χ1v) is 10.9. The van der Waals surface area contributed by atoms with Gasteiger partial charge in [-0.3, -0.25) is 0 Å². The molecule has 1 aliphatic rings. The van der Waals surface area contributed by atoms with E-state index >= 15 is 0 Å². The van der Waals surface area contributed by atoms with Crippen LogP contribution in [0.15, 0.2) is 66.9 Å². The summed E-state index contributed by atoms with van der Waals surface area (Å²) in [7, 11) is 2.21. The van der Waals surface area contributed by atoms with Crippen molar-refractivity contribution < 1.29 is 4.57 Å². The van der Waals surface area contributed by atoms with Crippen LogP contribution in [0.5, 0.6) is 0 Å². The van der Waals surface area contributed by atoms with Crippen molar-refractivity contribution in [2.24, 2.45) is 7.05 Å². The van der Waals surface area contributed by atoms with Crippen LogP contribution in [0.2, 0.25) is 0 Å². The minimum absolute atomic E-state index is 0.505. The third-order valence-corrected chi connectivity index (χ3v) is 7.06. The third-order valence-electron chi connectivity index (χ3n) is 7.06. The van der Waals surface area contributed by atoms with Crippen molar-refractivity contribution in [3.8, 4) is 11.1 Å². The molecule has 1 nitrogen and oxygen atoms in total. The van der Waals surface area contributed by atoms with E-state index in [0.29, 0.717) is 5.92 Å². The summed E-state index contributed by atoms with van der Waals surface area (Å²) in [4.78, 5) is 0. The molecule has 1 heteroatoms. The van der Waals surface area contributed by atoms with Crippen LogP contribution in [0.1, 0.15) is 42.0 Å². The van der Waals surface area contributed by atoms with E-state index in [9.17, 15) is 0 Å². The maximum atomic E-state index is 2.46. The molecule has 1 aromatic heterocycles. The van der Waals surface area contributed by atoms with Crippen LogP contribution in [-0.2, 0) is 13.5 Å². The maximum Gasteiger partial charge on any atom is 0.221 e. The minimum atomic E-state index is 0.505. The molecule has 6 rings (SSSR count). The largest absolute Gasteiger partial charge is 0.221 e. The van der Waals surface area contributed by atoms with E-state index in [4.69, 9.17) is 0 Å². The van der Waals surface area contributed by atoms with E-state index in [2.05, 4.69) is 99.2 Å². The van der Waals surface area contributed by atoms with Gasteiger partial charge < -0.3 is 0 Å². The first-order valence-electron chi connectivity index (χ1n) is 10.9. The Labute approximate surface area is 177 Å². The summed E-state index contributed by atoms with van der Waals surface area (Å²) in [5.74, 6) is 0.505. The molecule has 0 amide bonds. The fourth-order valence-corrected chi connectivity index (χ4v) is 5.51. The number of pyridine rings is 1. The highest BCUT2D eigenvalue weighted by molar-refractivity contribution is 6.25. The molecule has 0 bridgehead atoms. The van der Waals surface area contributed by atoms with Crippen LogP contribution < -0.4 is 4.57 Å². The van der Waals surface area contributed by atoms with Crippen LogP contribution in [0.25, 0.3) is 43.6 Å². The van der Waals surface area contributed by atoms with Crippen LogP contribution in [-0.4, -0.2) is 0 Å². The Morgan fingerprint density at radius 3 is 2.27 bits per heavy atom. The molecule has 0 N–H and O–H groups in total. The van der Waals surface area contributed by atoms with Gasteiger partial charge in [0.05, 0.1) is 10.8 Å². The smallest absolute Gasteiger partial charge is 0.200 e. The van der Waals surface area contributed by atoms with Crippen LogP contribution in [0.3, 0.4) is 0 Å². The SMILES string of the molecule is Cc1c2c(cc3c4ccccc4c4cc(C(C)C)c[n+](C)c4c13)-c1ccccc1C2. The fraction of sp³-hybridized carbons (Fsp3) is 0.207. The van der Waals surface area contributed by atoms with Gasteiger partial charge in [0.1, 0.15) is 7.05 Å². The molecule has 0 unspecified atom stereocenters. The van der Waals surface area contributed by atoms with E-state index in [1.165, 1.54) is 65.8 Å². The highest BCUT2D eigenvalue weighted by Gasteiger charge is 2.26. The molecule has 146 valence electrons. The van der Waals surface area contributed by atoms with Gasteiger partial charge >= 0.3 is 0 Å². The molecular formula is C29H26N+. The second-order valence-corrected chi connectivity index (χ2v) is 9.13. The quantitative estimate of drug-likeness (QED) is 0.211. The zero-order valence-electron chi connectivity index (χ0n) is 18.1. The second-order valence-electron chi connectivity index (χ2n) is 9.13.